The molecule has 1 heterocycles. The van der Waals surface area contributed by atoms with Gasteiger partial charge in [0.15, 0.2) is 0 Å². The van der Waals surface area contributed by atoms with Gasteiger partial charge >= 0.3 is 5.97 Å². The first-order chi connectivity index (χ1) is 8.63. The summed E-state index contributed by atoms with van der Waals surface area (Å²) >= 11 is 0. The van der Waals surface area contributed by atoms with Crippen LogP contribution in [0.15, 0.2) is 0 Å². The summed E-state index contributed by atoms with van der Waals surface area (Å²) in [5.74, 6) is -1.25. The predicted molar refractivity (Wildman–Crippen MR) is 73.0 cm³/mol. The highest BCUT2D eigenvalue weighted by Gasteiger charge is 2.38. The molecule has 1 aliphatic rings. The SMILES string of the molecule is CCC(C)(C)N(C)S(=O)(=O)N1CCC(C(=O)O)CC1. The summed E-state index contributed by atoms with van der Waals surface area (Å²) in [7, 11) is -1.92. The molecule has 0 amide bonds. The number of piperidine rings is 1. The van der Waals surface area contributed by atoms with Crippen LogP contribution < -0.4 is 0 Å². The number of hydrogen-bond acceptors (Lipinski definition) is 3. The zero-order valence-corrected chi connectivity index (χ0v) is 12.9. The monoisotopic (exact) mass is 292 g/mol. The first-order valence-corrected chi connectivity index (χ1v) is 7.99. The summed E-state index contributed by atoms with van der Waals surface area (Å²) in [5.41, 5.74) is -0.442. The molecule has 0 aromatic rings. The van der Waals surface area contributed by atoms with Crippen molar-refractivity contribution in [1.29, 1.82) is 0 Å². The van der Waals surface area contributed by atoms with E-state index in [-0.39, 0.29) is 13.1 Å². The van der Waals surface area contributed by atoms with E-state index in [4.69, 9.17) is 5.11 Å². The predicted octanol–water partition coefficient (Wildman–Crippen LogP) is 1.15. The first kappa shape index (κ1) is 16.4. The molecule has 0 radical (unpaired) electrons. The fourth-order valence-electron chi connectivity index (χ4n) is 2.04. The molecule has 0 saturated carbocycles. The van der Waals surface area contributed by atoms with Gasteiger partial charge < -0.3 is 5.11 Å². The Labute approximate surface area is 115 Å². The zero-order chi connectivity index (χ0) is 14.8. The first-order valence-electron chi connectivity index (χ1n) is 6.60. The van der Waals surface area contributed by atoms with Gasteiger partial charge in [0.1, 0.15) is 0 Å². The molecule has 1 aliphatic heterocycles. The molecular formula is C12H24N2O4S. The molecule has 1 fully saturated rings. The number of rotatable bonds is 5. The van der Waals surface area contributed by atoms with Crippen LogP contribution in [0.5, 0.6) is 0 Å². The van der Waals surface area contributed by atoms with E-state index in [1.165, 1.54) is 8.61 Å². The summed E-state index contributed by atoms with van der Waals surface area (Å²) in [6.07, 6.45) is 1.48. The minimum Gasteiger partial charge on any atom is -0.481 e. The van der Waals surface area contributed by atoms with Crippen molar-refractivity contribution in [3.8, 4) is 0 Å². The molecule has 1 N–H and O–H groups in total. The van der Waals surface area contributed by atoms with Crippen LogP contribution in [0.1, 0.15) is 40.0 Å². The Morgan fingerprint density at radius 3 is 2.21 bits per heavy atom. The maximum atomic E-state index is 12.5. The molecule has 7 heteroatoms. The van der Waals surface area contributed by atoms with Gasteiger partial charge in [-0.25, -0.2) is 0 Å². The lowest BCUT2D eigenvalue weighted by atomic mass is 9.99. The van der Waals surface area contributed by atoms with Gasteiger partial charge in [-0.1, -0.05) is 6.92 Å². The van der Waals surface area contributed by atoms with Gasteiger partial charge in [0.25, 0.3) is 10.2 Å². The minimum atomic E-state index is -3.51. The second-order valence-electron chi connectivity index (χ2n) is 5.65. The summed E-state index contributed by atoms with van der Waals surface area (Å²) in [4.78, 5) is 10.9. The van der Waals surface area contributed by atoms with Crippen molar-refractivity contribution < 1.29 is 18.3 Å². The lowest BCUT2D eigenvalue weighted by Crippen LogP contribution is -2.53. The number of carbonyl (C=O) groups is 1. The van der Waals surface area contributed by atoms with Gasteiger partial charge in [-0.15, -0.1) is 0 Å². The van der Waals surface area contributed by atoms with Crippen molar-refractivity contribution in [2.24, 2.45) is 5.92 Å². The summed E-state index contributed by atoms with van der Waals surface area (Å²) in [6.45, 7) is 6.28. The van der Waals surface area contributed by atoms with E-state index >= 15 is 0 Å². The molecular weight excluding hydrogens is 268 g/mol. The van der Waals surface area contributed by atoms with Crippen molar-refractivity contribution in [1.82, 2.24) is 8.61 Å². The van der Waals surface area contributed by atoms with Gasteiger partial charge in [0, 0.05) is 25.7 Å². The second-order valence-corrected chi connectivity index (χ2v) is 7.61. The van der Waals surface area contributed by atoms with Gasteiger partial charge in [-0.2, -0.15) is 17.0 Å². The Hall–Kier alpha value is -0.660. The van der Waals surface area contributed by atoms with Crippen LogP contribution in [-0.4, -0.2) is 53.8 Å². The number of aliphatic carboxylic acids is 1. The molecule has 0 aromatic carbocycles. The Morgan fingerprint density at radius 1 is 1.37 bits per heavy atom. The average Bonchev–Trinajstić information content (AvgIpc) is 2.37. The molecule has 0 aliphatic carbocycles. The molecule has 0 atom stereocenters. The third-order valence-electron chi connectivity index (χ3n) is 4.19. The smallest absolute Gasteiger partial charge is 0.306 e. The lowest BCUT2D eigenvalue weighted by molar-refractivity contribution is -0.142. The topological polar surface area (TPSA) is 77.9 Å². The number of nitrogens with zero attached hydrogens (tertiary/aromatic N) is 2. The summed E-state index contributed by atoms with van der Waals surface area (Å²) < 4.78 is 27.7. The molecule has 112 valence electrons. The van der Waals surface area contributed by atoms with Crippen molar-refractivity contribution >= 4 is 16.2 Å². The largest absolute Gasteiger partial charge is 0.481 e. The lowest BCUT2D eigenvalue weighted by Gasteiger charge is -2.39. The van der Waals surface area contributed by atoms with E-state index in [0.717, 1.165) is 0 Å². The third kappa shape index (κ3) is 3.46. The van der Waals surface area contributed by atoms with E-state index < -0.39 is 27.6 Å². The van der Waals surface area contributed by atoms with Crippen molar-refractivity contribution in [3.05, 3.63) is 0 Å². The van der Waals surface area contributed by atoms with Gasteiger partial charge in [0.05, 0.1) is 5.92 Å². The molecule has 0 unspecified atom stereocenters. The van der Waals surface area contributed by atoms with E-state index in [2.05, 4.69) is 0 Å². The van der Waals surface area contributed by atoms with Crippen LogP contribution in [0, 0.1) is 5.92 Å². The highest BCUT2D eigenvalue weighted by atomic mass is 32.2. The van der Waals surface area contributed by atoms with Crippen LogP contribution in [0.2, 0.25) is 0 Å². The molecule has 0 bridgehead atoms. The standard InChI is InChI=1S/C12H24N2O4S/c1-5-12(2,3)13(4)19(17,18)14-8-6-10(7-9-14)11(15)16/h10H,5-9H2,1-4H3,(H,15,16). The number of carboxylic acid groups (broad SMARTS) is 1. The molecule has 6 nitrogen and oxygen atoms in total. The number of hydrogen-bond donors (Lipinski definition) is 1. The van der Waals surface area contributed by atoms with Crippen LogP contribution >= 0.6 is 0 Å². The van der Waals surface area contributed by atoms with Gasteiger partial charge in [0.2, 0.25) is 0 Å². The van der Waals surface area contributed by atoms with E-state index in [0.29, 0.717) is 19.3 Å². The Balaban J connectivity index is 2.78. The zero-order valence-electron chi connectivity index (χ0n) is 12.1. The minimum absolute atomic E-state index is 0.281. The molecule has 1 saturated heterocycles. The Bertz CT molecular complexity index is 425. The quantitative estimate of drug-likeness (QED) is 0.824. The molecule has 0 spiro atoms. The Morgan fingerprint density at radius 2 is 1.84 bits per heavy atom. The van der Waals surface area contributed by atoms with Crippen LogP contribution in [0.25, 0.3) is 0 Å². The average molecular weight is 292 g/mol. The van der Waals surface area contributed by atoms with E-state index in [1.807, 2.05) is 20.8 Å². The van der Waals surface area contributed by atoms with Crippen LogP contribution in [-0.2, 0) is 15.0 Å². The Kier molecular flexibility index (Phi) is 4.97. The second kappa shape index (κ2) is 5.76. The van der Waals surface area contributed by atoms with Crippen LogP contribution in [0.3, 0.4) is 0 Å². The molecule has 0 aromatic heterocycles. The van der Waals surface area contributed by atoms with E-state index in [9.17, 15) is 13.2 Å². The summed E-state index contributed by atoms with van der Waals surface area (Å²) in [6, 6.07) is 0. The highest BCUT2D eigenvalue weighted by molar-refractivity contribution is 7.86. The number of carboxylic acids is 1. The van der Waals surface area contributed by atoms with E-state index in [1.54, 1.807) is 7.05 Å². The highest BCUT2D eigenvalue weighted by Crippen LogP contribution is 2.26. The maximum Gasteiger partial charge on any atom is 0.306 e. The summed E-state index contributed by atoms with van der Waals surface area (Å²) in [5, 5.41) is 8.93. The maximum absolute atomic E-state index is 12.5. The van der Waals surface area contributed by atoms with Crippen molar-refractivity contribution in [2.45, 2.75) is 45.6 Å². The third-order valence-corrected chi connectivity index (χ3v) is 6.40. The van der Waals surface area contributed by atoms with Gasteiger partial charge in [-0.05, 0) is 33.1 Å². The fourth-order valence-corrected chi connectivity index (χ4v) is 3.81. The van der Waals surface area contributed by atoms with Gasteiger partial charge in [-0.3, -0.25) is 4.79 Å². The normalized spacial score (nSPS) is 19.8. The molecule has 19 heavy (non-hydrogen) atoms. The van der Waals surface area contributed by atoms with Crippen molar-refractivity contribution in [3.63, 3.8) is 0 Å². The molecule has 1 rings (SSSR count). The fraction of sp³-hybridized carbons (Fsp3) is 0.917. The van der Waals surface area contributed by atoms with Crippen molar-refractivity contribution in [2.75, 3.05) is 20.1 Å². The van der Waals surface area contributed by atoms with Crippen LogP contribution in [0.4, 0.5) is 0 Å².